The van der Waals surface area contributed by atoms with Gasteiger partial charge in [0, 0.05) is 30.0 Å². The van der Waals surface area contributed by atoms with E-state index in [0.717, 1.165) is 36.0 Å². The summed E-state index contributed by atoms with van der Waals surface area (Å²) in [7, 11) is 2.03. The van der Waals surface area contributed by atoms with E-state index in [1.807, 2.05) is 43.4 Å². The van der Waals surface area contributed by atoms with E-state index in [9.17, 15) is 4.79 Å². The van der Waals surface area contributed by atoms with Gasteiger partial charge in [0.1, 0.15) is 18.9 Å². The molecule has 1 saturated heterocycles. The van der Waals surface area contributed by atoms with Gasteiger partial charge in [-0.05, 0) is 61.4 Å². The maximum absolute atomic E-state index is 12.4. The van der Waals surface area contributed by atoms with Crippen LogP contribution in [0.3, 0.4) is 0 Å². The van der Waals surface area contributed by atoms with Crippen molar-refractivity contribution in [3.05, 3.63) is 66.7 Å². The van der Waals surface area contributed by atoms with Crippen molar-refractivity contribution in [1.29, 1.82) is 0 Å². The molecule has 1 aliphatic heterocycles. The molecule has 0 radical (unpaired) electrons. The fourth-order valence-corrected chi connectivity index (χ4v) is 3.48. The first-order valence-electron chi connectivity index (χ1n) is 9.93. The average molecular weight is 381 g/mol. The lowest BCUT2D eigenvalue weighted by Crippen LogP contribution is -3.08. The van der Waals surface area contributed by atoms with Gasteiger partial charge in [-0.25, -0.2) is 0 Å². The van der Waals surface area contributed by atoms with E-state index in [2.05, 4.69) is 28.9 Å². The largest absolute Gasteiger partial charge is 0.490 e. The molecule has 1 amide bonds. The van der Waals surface area contributed by atoms with Gasteiger partial charge in [-0.15, -0.1) is 0 Å². The van der Waals surface area contributed by atoms with Crippen molar-refractivity contribution in [2.45, 2.75) is 19.4 Å². The fourth-order valence-electron chi connectivity index (χ4n) is 3.48. The van der Waals surface area contributed by atoms with Crippen molar-refractivity contribution in [3.63, 3.8) is 0 Å². The maximum atomic E-state index is 12.4. The summed E-state index contributed by atoms with van der Waals surface area (Å²) in [5.41, 5.74) is 3.26. The molecule has 28 heavy (non-hydrogen) atoms. The van der Waals surface area contributed by atoms with Crippen molar-refractivity contribution in [3.8, 4) is 5.75 Å². The van der Waals surface area contributed by atoms with Crippen LogP contribution in [0.5, 0.6) is 5.75 Å². The molecule has 1 atom stereocenters. The summed E-state index contributed by atoms with van der Waals surface area (Å²) < 4.78 is 5.49. The van der Waals surface area contributed by atoms with Gasteiger partial charge in [-0.2, -0.15) is 0 Å². The Labute approximate surface area is 167 Å². The molecule has 2 aromatic rings. The van der Waals surface area contributed by atoms with Crippen molar-refractivity contribution >= 4 is 17.3 Å². The molecule has 5 heteroatoms. The van der Waals surface area contributed by atoms with Crippen LogP contribution < -0.4 is 19.9 Å². The fraction of sp³-hybridized carbons (Fsp3) is 0.348. The minimum absolute atomic E-state index is 0.0253. The molecule has 1 fully saturated rings. The number of hydrogen-bond acceptors (Lipinski definition) is 3. The molecule has 1 aliphatic rings. The number of nitrogens with zero attached hydrogens (tertiary/aromatic N) is 1. The molecule has 2 aromatic carbocycles. The molecular formula is C23H30N3O2+. The first-order chi connectivity index (χ1) is 13.6. The zero-order chi connectivity index (χ0) is 19.8. The molecule has 0 saturated carbocycles. The van der Waals surface area contributed by atoms with Crippen LogP contribution in [0.1, 0.15) is 18.4 Å². The Bertz CT molecular complexity index is 765. The normalized spacial score (nSPS) is 14.5. The lowest BCUT2D eigenvalue weighted by atomic mass is 10.2. The SMILES string of the molecule is C=CCOc1ccc(C[NH+](C)CC(=O)Nc2ccc(N3CCCC3)cc2)cc1. The Kier molecular flexibility index (Phi) is 7.09. The van der Waals surface area contributed by atoms with Gasteiger partial charge in [0.25, 0.3) is 5.91 Å². The highest BCUT2D eigenvalue weighted by molar-refractivity contribution is 5.91. The molecule has 0 bridgehead atoms. The summed E-state index contributed by atoms with van der Waals surface area (Å²) in [5, 5.41) is 3.00. The predicted molar refractivity (Wildman–Crippen MR) is 114 cm³/mol. The minimum Gasteiger partial charge on any atom is -0.490 e. The maximum Gasteiger partial charge on any atom is 0.279 e. The number of nitrogens with one attached hydrogen (secondary N) is 2. The van der Waals surface area contributed by atoms with Crippen LogP contribution in [-0.4, -0.2) is 39.2 Å². The molecule has 2 N–H and O–H groups in total. The number of carbonyl (C=O) groups is 1. The number of carbonyl (C=O) groups excluding carboxylic acids is 1. The summed E-state index contributed by atoms with van der Waals surface area (Å²) in [6.45, 7) is 7.60. The highest BCUT2D eigenvalue weighted by Gasteiger charge is 2.13. The molecule has 5 nitrogen and oxygen atoms in total. The Morgan fingerprint density at radius 1 is 1.14 bits per heavy atom. The number of quaternary nitrogens is 1. The molecule has 1 heterocycles. The molecule has 0 spiro atoms. The third-order valence-corrected chi connectivity index (χ3v) is 4.88. The summed E-state index contributed by atoms with van der Waals surface area (Å²) in [6.07, 6.45) is 4.25. The van der Waals surface area contributed by atoms with Crippen LogP contribution in [0.2, 0.25) is 0 Å². The van der Waals surface area contributed by atoms with Crippen LogP contribution in [0.15, 0.2) is 61.2 Å². The third-order valence-electron chi connectivity index (χ3n) is 4.88. The van der Waals surface area contributed by atoms with Crippen molar-refractivity contribution in [2.75, 3.05) is 43.5 Å². The molecule has 148 valence electrons. The van der Waals surface area contributed by atoms with Gasteiger partial charge in [0.2, 0.25) is 0 Å². The van der Waals surface area contributed by atoms with Gasteiger partial charge in [0.15, 0.2) is 6.54 Å². The zero-order valence-corrected chi connectivity index (χ0v) is 16.6. The zero-order valence-electron chi connectivity index (χ0n) is 16.6. The summed E-state index contributed by atoms with van der Waals surface area (Å²) in [4.78, 5) is 15.9. The monoisotopic (exact) mass is 380 g/mol. The summed E-state index contributed by atoms with van der Waals surface area (Å²) >= 11 is 0. The van der Waals surface area contributed by atoms with E-state index in [1.54, 1.807) is 6.08 Å². The van der Waals surface area contributed by atoms with E-state index in [1.165, 1.54) is 24.1 Å². The number of rotatable bonds is 9. The van der Waals surface area contributed by atoms with E-state index in [4.69, 9.17) is 4.74 Å². The second kappa shape index (κ2) is 9.95. The standard InChI is InChI=1S/C23H29N3O2/c1-3-16-28-22-12-6-19(7-13-22)17-25(2)18-23(27)24-20-8-10-21(11-9-20)26-14-4-5-15-26/h3,6-13H,1,4-5,14-18H2,2H3,(H,24,27)/p+1. The van der Waals surface area contributed by atoms with Crippen molar-refractivity contribution < 1.29 is 14.4 Å². The highest BCUT2D eigenvalue weighted by atomic mass is 16.5. The third kappa shape index (κ3) is 5.86. The number of benzene rings is 2. The molecule has 1 unspecified atom stereocenters. The molecular weight excluding hydrogens is 350 g/mol. The Morgan fingerprint density at radius 2 is 1.82 bits per heavy atom. The van der Waals surface area contributed by atoms with Crippen LogP contribution in [-0.2, 0) is 11.3 Å². The second-order valence-electron chi connectivity index (χ2n) is 7.34. The topological polar surface area (TPSA) is 46.0 Å². The van der Waals surface area contributed by atoms with E-state index in [0.29, 0.717) is 13.2 Å². The average Bonchev–Trinajstić information content (AvgIpc) is 3.22. The minimum atomic E-state index is 0.0253. The van der Waals surface area contributed by atoms with Gasteiger partial charge in [-0.3, -0.25) is 4.79 Å². The van der Waals surface area contributed by atoms with Crippen LogP contribution in [0.4, 0.5) is 11.4 Å². The van der Waals surface area contributed by atoms with Crippen molar-refractivity contribution in [1.82, 2.24) is 0 Å². The van der Waals surface area contributed by atoms with E-state index < -0.39 is 0 Å². The Hall–Kier alpha value is -2.79. The summed E-state index contributed by atoms with van der Waals surface area (Å²) in [6, 6.07) is 16.1. The first-order valence-corrected chi connectivity index (χ1v) is 9.93. The van der Waals surface area contributed by atoms with Gasteiger partial charge >= 0.3 is 0 Å². The van der Waals surface area contributed by atoms with Crippen LogP contribution >= 0.6 is 0 Å². The van der Waals surface area contributed by atoms with E-state index in [-0.39, 0.29) is 5.91 Å². The number of ether oxygens (including phenoxy) is 1. The predicted octanol–water partition coefficient (Wildman–Crippen LogP) is 2.50. The Morgan fingerprint density at radius 3 is 2.46 bits per heavy atom. The van der Waals surface area contributed by atoms with Crippen LogP contribution in [0.25, 0.3) is 0 Å². The van der Waals surface area contributed by atoms with Gasteiger partial charge < -0.3 is 19.9 Å². The number of anilines is 2. The highest BCUT2D eigenvalue weighted by Crippen LogP contribution is 2.21. The van der Waals surface area contributed by atoms with Crippen LogP contribution in [0, 0.1) is 0 Å². The van der Waals surface area contributed by atoms with Gasteiger partial charge in [0.05, 0.1) is 7.05 Å². The smallest absolute Gasteiger partial charge is 0.279 e. The second-order valence-corrected chi connectivity index (χ2v) is 7.34. The molecule has 0 aromatic heterocycles. The summed E-state index contributed by atoms with van der Waals surface area (Å²) in [5.74, 6) is 0.855. The quantitative estimate of drug-likeness (QED) is 0.657. The number of likely N-dealkylation sites (N-methyl/N-ethyl adjacent to an activating group) is 1. The molecule has 0 aliphatic carbocycles. The molecule has 3 rings (SSSR count). The van der Waals surface area contributed by atoms with Gasteiger partial charge in [-0.1, -0.05) is 12.7 Å². The van der Waals surface area contributed by atoms with E-state index >= 15 is 0 Å². The van der Waals surface area contributed by atoms with Crippen molar-refractivity contribution in [2.24, 2.45) is 0 Å². The lowest BCUT2D eigenvalue weighted by molar-refractivity contribution is -0.885. The number of hydrogen-bond donors (Lipinski definition) is 2. The Balaban J connectivity index is 1.45. The lowest BCUT2D eigenvalue weighted by Gasteiger charge is -2.18. The number of amides is 1. The first kappa shape index (κ1) is 20.0.